The minimum atomic E-state index is 1.12. The molecule has 0 aromatic heterocycles. The third-order valence-electron chi connectivity index (χ3n) is 1.46. The minimum Gasteiger partial charge on any atom is -0.315 e. The van der Waals surface area contributed by atoms with Crippen LogP contribution in [0.4, 0.5) is 5.69 Å². The molecule has 0 aliphatic heterocycles. The third kappa shape index (κ3) is 2.69. The second-order valence-corrected chi connectivity index (χ2v) is 3.59. The van der Waals surface area contributed by atoms with Crippen LogP contribution in [0.2, 0.25) is 0 Å². The predicted molar refractivity (Wildman–Crippen MR) is 58.1 cm³/mol. The Hall–Kier alpha value is -0.250. The second-order valence-electron chi connectivity index (χ2n) is 2.42. The summed E-state index contributed by atoms with van der Waals surface area (Å²) in [5, 5.41) is 0. The van der Waals surface area contributed by atoms with E-state index < -0.39 is 0 Å². The first-order valence-electron chi connectivity index (χ1n) is 3.83. The lowest BCUT2D eigenvalue weighted by Gasteiger charge is -2.14. The number of anilines is 1. The zero-order valence-corrected chi connectivity index (χ0v) is 8.78. The van der Waals surface area contributed by atoms with Gasteiger partial charge in [0.25, 0.3) is 0 Å². The van der Waals surface area contributed by atoms with Gasteiger partial charge in [-0.3, -0.25) is 0 Å². The van der Waals surface area contributed by atoms with Crippen LogP contribution in [0.3, 0.4) is 0 Å². The van der Waals surface area contributed by atoms with Gasteiger partial charge in [-0.2, -0.15) is 0 Å². The van der Waals surface area contributed by atoms with E-state index in [4.69, 9.17) is 0 Å². The summed E-state index contributed by atoms with van der Waals surface area (Å²) in [6, 6.07) is 10.4. The molecule has 2 heteroatoms. The molecule has 0 heterocycles. The fourth-order valence-corrected chi connectivity index (χ4v) is 1.72. The average molecular weight is 261 g/mol. The maximum absolute atomic E-state index is 2.34. The summed E-state index contributed by atoms with van der Waals surface area (Å²) in [4.78, 5) is 0. The molecule has 0 unspecified atom stereocenters. The molecule has 1 aromatic carbocycles. The van der Waals surface area contributed by atoms with Crippen molar-refractivity contribution in [1.29, 1.82) is 0 Å². The molecule has 0 fully saturated rings. The molecule has 0 spiro atoms. The minimum absolute atomic E-state index is 1.12. The largest absolute Gasteiger partial charge is 0.315 e. The van der Waals surface area contributed by atoms with Crippen LogP contribution in [-0.2, 0) is 0 Å². The number of hydrogen-bond donors (Lipinski definition) is 0. The number of halogens is 1. The highest BCUT2D eigenvalue weighted by Gasteiger charge is 1.97. The van der Waals surface area contributed by atoms with Gasteiger partial charge in [-0.05, 0) is 18.6 Å². The smallest absolute Gasteiger partial charge is 0.0591 e. The van der Waals surface area contributed by atoms with Gasteiger partial charge in [0.15, 0.2) is 0 Å². The van der Waals surface area contributed by atoms with Crippen molar-refractivity contribution in [3.63, 3.8) is 0 Å². The fraction of sp³-hybridized carbons (Fsp3) is 0.333. The molecular formula is C9H12IN. The molecule has 0 radical (unpaired) electrons. The van der Waals surface area contributed by atoms with E-state index in [1.165, 1.54) is 12.1 Å². The Labute approximate surface area is 81.9 Å². The van der Waals surface area contributed by atoms with Crippen molar-refractivity contribution >= 4 is 28.6 Å². The van der Waals surface area contributed by atoms with E-state index in [1.807, 2.05) is 6.07 Å². The highest BCUT2D eigenvalue weighted by atomic mass is 127. The van der Waals surface area contributed by atoms with Crippen LogP contribution >= 0.6 is 22.9 Å². The van der Waals surface area contributed by atoms with Crippen molar-refractivity contribution < 1.29 is 0 Å². The normalized spacial score (nSPS) is 9.64. The molecule has 0 atom stereocenters. The standard InChI is InChI=1S/C9H12IN/c1-2-8-11(10)9-6-4-3-5-7-9/h3-7H,2,8H2,1H3. The average Bonchev–Trinajstić information content (AvgIpc) is 2.07. The van der Waals surface area contributed by atoms with Gasteiger partial charge in [-0.1, -0.05) is 25.1 Å². The summed E-state index contributed by atoms with van der Waals surface area (Å²) in [5.41, 5.74) is 1.29. The number of rotatable bonds is 3. The SMILES string of the molecule is CCCN(I)c1ccccc1. The maximum atomic E-state index is 2.34. The Morgan fingerprint density at radius 3 is 2.45 bits per heavy atom. The lowest BCUT2D eigenvalue weighted by atomic mass is 10.3. The molecule has 0 saturated carbocycles. The lowest BCUT2D eigenvalue weighted by molar-refractivity contribution is 0.945. The van der Waals surface area contributed by atoms with Crippen LogP contribution in [0.5, 0.6) is 0 Å². The predicted octanol–water partition coefficient (Wildman–Crippen LogP) is 3.25. The Morgan fingerprint density at radius 2 is 1.91 bits per heavy atom. The van der Waals surface area contributed by atoms with Crippen molar-refractivity contribution in [3.8, 4) is 0 Å². The maximum Gasteiger partial charge on any atom is 0.0591 e. The van der Waals surface area contributed by atoms with Crippen LogP contribution in [0, 0.1) is 0 Å². The van der Waals surface area contributed by atoms with Gasteiger partial charge >= 0.3 is 0 Å². The zero-order valence-electron chi connectivity index (χ0n) is 6.63. The molecule has 60 valence electrons. The van der Waals surface area contributed by atoms with Crippen LogP contribution in [0.1, 0.15) is 13.3 Å². The number of nitrogens with zero attached hydrogens (tertiary/aromatic N) is 1. The van der Waals surface area contributed by atoms with Gasteiger partial charge in [0.2, 0.25) is 0 Å². The summed E-state index contributed by atoms with van der Waals surface area (Å²) in [6.07, 6.45) is 1.19. The molecule has 11 heavy (non-hydrogen) atoms. The van der Waals surface area contributed by atoms with Crippen molar-refractivity contribution in [2.24, 2.45) is 0 Å². The van der Waals surface area contributed by atoms with Gasteiger partial charge in [-0.25, -0.2) is 0 Å². The summed E-state index contributed by atoms with van der Waals surface area (Å²) in [6.45, 7) is 3.30. The van der Waals surface area contributed by atoms with Gasteiger partial charge < -0.3 is 3.11 Å². The Bertz CT molecular complexity index is 198. The number of benzene rings is 1. The monoisotopic (exact) mass is 261 g/mol. The summed E-state index contributed by atoms with van der Waals surface area (Å²) >= 11 is 2.34. The molecule has 0 amide bonds. The molecule has 0 aliphatic rings. The molecular weight excluding hydrogens is 249 g/mol. The number of para-hydroxylation sites is 1. The van der Waals surface area contributed by atoms with E-state index in [1.54, 1.807) is 0 Å². The fourth-order valence-electron chi connectivity index (χ4n) is 0.915. The van der Waals surface area contributed by atoms with E-state index >= 15 is 0 Å². The van der Waals surface area contributed by atoms with E-state index in [0.29, 0.717) is 0 Å². The molecule has 1 nitrogen and oxygen atoms in total. The van der Waals surface area contributed by atoms with E-state index in [0.717, 1.165) is 6.54 Å². The molecule has 0 N–H and O–H groups in total. The van der Waals surface area contributed by atoms with Crippen molar-refractivity contribution in [2.75, 3.05) is 9.66 Å². The van der Waals surface area contributed by atoms with E-state index in [-0.39, 0.29) is 0 Å². The second kappa shape index (κ2) is 4.59. The van der Waals surface area contributed by atoms with Crippen LogP contribution in [-0.4, -0.2) is 6.54 Å². The number of hydrogen-bond acceptors (Lipinski definition) is 1. The zero-order chi connectivity index (χ0) is 8.10. The van der Waals surface area contributed by atoms with Crippen LogP contribution in [0.15, 0.2) is 30.3 Å². The van der Waals surface area contributed by atoms with Gasteiger partial charge in [0.1, 0.15) is 0 Å². The van der Waals surface area contributed by atoms with Crippen LogP contribution in [0.25, 0.3) is 0 Å². The van der Waals surface area contributed by atoms with Gasteiger partial charge in [-0.15, -0.1) is 0 Å². The summed E-state index contributed by atoms with van der Waals surface area (Å²) < 4.78 is 2.23. The van der Waals surface area contributed by atoms with Crippen molar-refractivity contribution in [2.45, 2.75) is 13.3 Å². The van der Waals surface area contributed by atoms with Gasteiger partial charge in [0.05, 0.1) is 22.9 Å². The quantitative estimate of drug-likeness (QED) is 0.596. The summed E-state index contributed by atoms with van der Waals surface area (Å²) in [7, 11) is 0. The lowest BCUT2D eigenvalue weighted by Crippen LogP contribution is -2.09. The van der Waals surface area contributed by atoms with Crippen molar-refractivity contribution in [3.05, 3.63) is 30.3 Å². The van der Waals surface area contributed by atoms with E-state index in [2.05, 4.69) is 57.2 Å². The van der Waals surface area contributed by atoms with Crippen LogP contribution < -0.4 is 3.11 Å². The molecule has 1 aromatic rings. The molecule has 0 saturated heterocycles. The highest BCUT2D eigenvalue weighted by Crippen LogP contribution is 2.17. The first-order chi connectivity index (χ1) is 5.34. The molecule has 1 rings (SSSR count). The Balaban J connectivity index is 2.61. The van der Waals surface area contributed by atoms with E-state index in [9.17, 15) is 0 Å². The third-order valence-corrected chi connectivity index (χ3v) is 2.50. The Morgan fingerprint density at radius 1 is 1.27 bits per heavy atom. The Kier molecular flexibility index (Phi) is 3.69. The summed E-state index contributed by atoms with van der Waals surface area (Å²) in [5.74, 6) is 0. The van der Waals surface area contributed by atoms with Gasteiger partial charge in [0, 0.05) is 12.2 Å². The van der Waals surface area contributed by atoms with Crippen molar-refractivity contribution in [1.82, 2.24) is 0 Å². The topological polar surface area (TPSA) is 3.24 Å². The molecule has 0 bridgehead atoms. The first kappa shape index (κ1) is 8.84. The molecule has 0 aliphatic carbocycles. The first-order valence-corrected chi connectivity index (χ1v) is 4.79. The highest BCUT2D eigenvalue weighted by molar-refractivity contribution is 14.1.